The summed E-state index contributed by atoms with van der Waals surface area (Å²) in [6, 6.07) is 17.5. The fourth-order valence-electron chi connectivity index (χ4n) is 4.09. The molecule has 10 heteroatoms. The molecule has 2 amide bonds. The van der Waals surface area contributed by atoms with E-state index in [0.29, 0.717) is 11.4 Å². The van der Waals surface area contributed by atoms with Crippen LogP contribution in [-0.4, -0.2) is 44.6 Å². The molecular formula is C27H30ClN5O3S. The van der Waals surface area contributed by atoms with Gasteiger partial charge in [0.15, 0.2) is 0 Å². The van der Waals surface area contributed by atoms with Crippen molar-refractivity contribution >= 4 is 44.4 Å². The molecule has 0 unspecified atom stereocenters. The van der Waals surface area contributed by atoms with Crippen molar-refractivity contribution in [2.24, 2.45) is 0 Å². The van der Waals surface area contributed by atoms with Crippen LogP contribution in [0.15, 0.2) is 65.6 Å². The van der Waals surface area contributed by atoms with Crippen molar-refractivity contribution < 1.29 is 13.2 Å². The van der Waals surface area contributed by atoms with E-state index in [0.717, 1.165) is 45.8 Å². The summed E-state index contributed by atoms with van der Waals surface area (Å²) >= 11 is 6.66. The van der Waals surface area contributed by atoms with Crippen molar-refractivity contribution in [3.8, 4) is 5.69 Å². The Morgan fingerprint density at radius 3 is 2.32 bits per heavy atom. The molecule has 0 saturated carbocycles. The molecule has 1 heterocycles. The molecule has 0 aliphatic heterocycles. The number of nitrogens with zero attached hydrogens (tertiary/aromatic N) is 3. The molecule has 0 saturated heterocycles. The van der Waals surface area contributed by atoms with Crippen LogP contribution in [0.4, 0.5) is 10.5 Å². The van der Waals surface area contributed by atoms with Gasteiger partial charge in [0.25, 0.3) is 10.0 Å². The lowest BCUT2D eigenvalue weighted by molar-refractivity contribution is 0.246. The summed E-state index contributed by atoms with van der Waals surface area (Å²) < 4.78 is 28.9. The van der Waals surface area contributed by atoms with E-state index in [1.807, 2.05) is 67.0 Å². The van der Waals surface area contributed by atoms with Crippen LogP contribution >= 0.6 is 11.6 Å². The molecule has 0 radical (unpaired) electrons. The summed E-state index contributed by atoms with van der Waals surface area (Å²) in [7, 11) is -0.0214. The number of aryl methyl sites for hydroxylation is 2. The third-order valence-corrected chi connectivity index (χ3v) is 7.78. The molecule has 0 bridgehead atoms. The number of benzene rings is 3. The van der Waals surface area contributed by atoms with Crippen LogP contribution in [0.2, 0.25) is 5.02 Å². The van der Waals surface area contributed by atoms with Crippen molar-refractivity contribution in [1.82, 2.24) is 19.6 Å². The first-order valence-corrected chi connectivity index (χ1v) is 13.8. The summed E-state index contributed by atoms with van der Waals surface area (Å²) in [4.78, 5) is 19.0. The topological polar surface area (TPSA) is 96.3 Å². The molecule has 1 aromatic heterocycles. The molecule has 2 N–H and O–H groups in total. The minimum atomic E-state index is -3.92. The normalized spacial score (nSPS) is 11.5. The summed E-state index contributed by atoms with van der Waals surface area (Å²) in [5, 5.41) is 3.24. The fourth-order valence-corrected chi connectivity index (χ4v) is 5.39. The van der Waals surface area contributed by atoms with Gasteiger partial charge in [-0.1, -0.05) is 48.4 Å². The third-order valence-electron chi connectivity index (χ3n) is 6.06. The van der Waals surface area contributed by atoms with Gasteiger partial charge in [-0.05, 0) is 55.3 Å². The van der Waals surface area contributed by atoms with E-state index in [9.17, 15) is 13.2 Å². The van der Waals surface area contributed by atoms with E-state index in [-0.39, 0.29) is 11.4 Å². The number of anilines is 1. The Morgan fingerprint density at radius 1 is 1.03 bits per heavy atom. The van der Waals surface area contributed by atoms with E-state index in [2.05, 4.69) is 16.8 Å². The van der Waals surface area contributed by atoms with Crippen LogP contribution in [0, 0.1) is 6.92 Å². The summed E-state index contributed by atoms with van der Waals surface area (Å²) in [5.41, 5.74) is 5.52. The number of hydrogen-bond donors (Lipinski definition) is 2. The SMILES string of the molecule is CCc1nc2c(Cl)c(N(C)C)ccc2n1-c1ccc(CCNC(=O)NS(=O)(=O)c2ccc(C)cc2)cc1. The Labute approximate surface area is 222 Å². The molecule has 194 valence electrons. The van der Waals surface area contributed by atoms with Gasteiger partial charge >= 0.3 is 6.03 Å². The maximum atomic E-state index is 12.4. The Hall–Kier alpha value is -3.56. The first kappa shape index (κ1) is 26.5. The minimum Gasteiger partial charge on any atom is -0.376 e. The van der Waals surface area contributed by atoms with Gasteiger partial charge in [0.1, 0.15) is 11.3 Å². The van der Waals surface area contributed by atoms with Crippen molar-refractivity contribution in [3.63, 3.8) is 0 Å². The molecule has 0 fully saturated rings. The number of nitrogens with one attached hydrogen (secondary N) is 2. The van der Waals surface area contributed by atoms with E-state index in [1.54, 1.807) is 12.1 Å². The number of carbonyl (C=O) groups is 1. The smallest absolute Gasteiger partial charge is 0.328 e. The molecule has 37 heavy (non-hydrogen) atoms. The maximum Gasteiger partial charge on any atom is 0.328 e. The highest BCUT2D eigenvalue weighted by molar-refractivity contribution is 7.90. The Morgan fingerprint density at radius 2 is 1.70 bits per heavy atom. The summed E-state index contributed by atoms with van der Waals surface area (Å²) in [6.07, 6.45) is 1.29. The number of fused-ring (bicyclic) bond motifs is 1. The molecule has 8 nitrogen and oxygen atoms in total. The van der Waals surface area contributed by atoms with Crippen LogP contribution < -0.4 is 14.9 Å². The van der Waals surface area contributed by atoms with Crippen LogP contribution in [0.1, 0.15) is 23.9 Å². The van der Waals surface area contributed by atoms with Gasteiger partial charge in [-0.15, -0.1) is 0 Å². The van der Waals surface area contributed by atoms with Crippen molar-refractivity contribution in [3.05, 3.63) is 82.6 Å². The number of urea groups is 1. The Bertz CT molecular complexity index is 1530. The number of imidazole rings is 1. The first-order valence-electron chi connectivity index (χ1n) is 11.9. The van der Waals surface area contributed by atoms with Gasteiger partial charge in [-0.25, -0.2) is 22.9 Å². The van der Waals surface area contributed by atoms with Crippen LogP contribution in [0.3, 0.4) is 0 Å². The molecule has 0 aliphatic rings. The zero-order valence-electron chi connectivity index (χ0n) is 21.2. The van der Waals surface area contributed by atoms with Crippen molar-refractivity contribution in [1.29, 1.82) is 0 Å². The van der Waals surface area contributed by atoms with Crippen LogP contribution in [-0.2, 0) is 22.9 Å². The third kappa shape index (κ3) is 5.73. The molecule has 3 aromatic carbocycles. The van der Waals surface area contributed by atoms with Crippen LogP contribution in [0.25, 0.3) is 16.7 Å². The summed E-state index contributed by atoms with van der Waals surface area (Å²) in [6.45, 7) is 4.20. The van der Waals surface area contributed by atoms with Crippen molar-refractivity contribution in [2.45, 2.75) is 31.6 Å². The highest BCUT2D eigenvalue weighted by Crippen LogP contribution is 2.34. The number of aromatic nitrogens is 2. The maximum absolute atomic E-state index is 12.4. The largest absolute Gasteiger partial charge is 0.376 e. The Kier molecular flexibility index (Phi) is 7.75. The highest BCUT2D eigenvalue weighted by Gasteiger charge is 2.18. The lowest BCUT2D eigenvalue weighted by Crippen LogP contribution is -2.40. The van der Waals surface area contributed by atoms with Crippen molar-refractivity contribution in [2.75, 3.05) is 25.5 Å². The second kappa shape index (κ2) is 10.8. The number of hydrogen-bond acceptors (Lipinski definition) is 5. The molecule has 0 atom stereocenters. The lowest BCUT2D eigenvalue weighted by atomic mass is 10.1. The second-order valence-corrected chi connectivity index (χ2v) is 11.0. The Balaban J connectivity index is 1.42. The quantitative estimate of drug-likeness (QED) is 0.334. The van der Waals surface area contributed by atoms with Gasteiger partial charge in [0.2, 0.25) is 0 Å². The highest BCUT2D eigenvalue weighted by atomic mass is 35.5. The molecular weight excluding hydrogens is 510 g/mol. The second-order valence-electron chi connectivity index (χ2n) is 8.97. The number of amides is 2. The van der Waals surface area contributed by atoms with Gasteiger partial charge in [0.05, 0.1) is 21.1 Å². The predicted octanol–water partition coefficient (Wildman–Crippen LogP) is 4.85. The minimum absolute atomic E-state index is 0.0431. The molecule has 0 aliphatic carbocycles. The van der Waals surface area contributed by atoms with Crippen LogP contribution in [0.5, 0.6) is 0 Å². The van der Waals surface area contributed by atoms with E-state index in [1.165, 1.54) is 12.1 Å². The standard InChI is InChI=1S/C27H30ClN5O3S/c1-5-24-30-26-23(15-14-22(25(26)28)32(3)4)33(24)20-10-8-19(9-11-20)16-17-29-27(34)31-37(35,36)21-12-6-18(2)7-13-21/h6-15H,5,16-17H2,1-4H3,(H2,29,31,34). The summed E-state index contributed by atoms with van der Waals surface area (Å²) in [5.74, 6) is 0.911. The predicted molar refractivity (Wildman–Crippen MR) is 148 cm³/mol. The average Bonchev–Trinajstić information content (AvgIpc) is 3.24. The monoisotopic (exact) mass is 539 g/mol. The first-order chi connectivity index (χ1) is 17.6. The number of sulfonamides is 1. The zero-order chi connectivity index (χ0) is 26.7. The molecule has 0 spiro atoms. The van der Waals surface area contributed by atoms with Gasteiger partial charge < -0.3 is 10.2 Å². The average molecular weight is 540 g/mol. The zero-order valence-corrected chi connectivity index (χ0v) is 22.8. The number of halogens is 1. The van der Waals surface area contributed by atoms with E-state index in [4.69, 9.17) is 16.6 Å². The molecule has 4 aromatic rings. The van der Waals surface area contributed by atoms with Gasteiger partial charge in [0, 0.05) is 32.7 Å². The number of rotatable bonds is 8. The number of carbonyl (C=O) groups excluding carboxylic acids is 1. The molecule has 4 rings (SSSR count). The van der Waals surface area contributed by atoms with E-state index >= 15 is 0 Å². The van der Waals surface area contributed by atoms with Gasteiger partial charge in [-0.3, -0.25) is 4.57 Å². The lowest BCUT2D eigenvalue weighted by Gasteiger charge is -2.15. The van der Waals surface area contributed by atoms with E-state index < -0.39 is 16.1 Å². The van der Waals surface area contributed by atoms with Gasteiger partial charge in [-0.2, -0.15) is 0 Å². The fraction of sp³-hybridized carbons (Fsp3) is 0.259.